The third-order valence-corrected chi connectivity index (χ3v) is 16.7. The van der Waals surface area contributed by atoms with Gasteiger partial charge >= 0.3 is 0 Å². The Bertz CT molecular complexity index is 4070. The van der Waals surface area contributed by atoms with Crippen LogP contribution in [0.3, 0.4) is 0 Å². The Morgan fingerprint density at radius 3 is 0.892 bits per heavy atom. The van der Waals surface area contributed by atoms with Gasteiger partial charge in [-0.25, -0.2) is 15.0 Å². The number of hydrogen-bond acceptors (Lipinski definition) is 5. The molecule has 398 valence electrons. The van der Waals surface area contributed by atoms with Gasteiger partial charge in [-0.3, -0.25) is 0 Å². The van der Waals surface area contributed by atoms with E-state index in [0.717, 1.165) is 61.9 Å². The van der Waals surface area contributed by atoms with Crippen LogP contribution in [0.15, 0.2) is 267 Å². The van der Waals surface area contributed by atoms with Crippen molar-refractivity contribution in [3.05, 3.63) is 278 Å². The molecule has 1 aromatic heterocycles. The molecule has 0 fully saturated rings. The number of hydrogen-bond donors (Lipinski definition) is 0. The maximum absolute atomic E-state index is 5.52. The summed E-state index contributed by atoms with van der Waals surface area (Å²) in [6.45, 7) is 13.3. The molecule has 83 heavy (non-hydrogen) atoms. The lowest BCUT2D eigenvalue weighted by atomic mass is 9.33. The molecule has 6 heteroatoms. The molecule has 0 saturated carbocycles. The molecule has 2 aliphatic rings. The number of fused-ring (bicyclic) bond motifs is 4. The van der Waals surface area contributed by atoms with Crippen LogP contribution in [0.5, 0.6) is 0 Å². The summed E-state index contributed by atoms with van der Waals surface area (Å²) in [5, 5.41) is 0. The molecule has 0 bridgehead atoms. The van der Waals surface area contributed by atoms with Gasteiger partial charge in [-0.15, -0.1) is 0 Å². The molecule has 0 aliphatic carbocycles. The van der Waals surface area contributed by atoms with Crippen molar-refractivity contribution in [2.75, 3.05) is 9.80 Å². The van der Waals surface area contributed by atoms with Crippen molar-refractivity contribution in [2.45, 2.75) is 52.4 Å². The fourth-order valence-corrected chi connectivity index (χ4v) is 12.2. The Kier molecular flexibility index (Phi) is 12.7. The van der Waals surface area contributed by atoms with Crippen LogP contribution in [0.4, 0.5) is 34.1 Å². The zero-order valence-electron chi connectivity index (χ0n) is 47.7. The van der Waals surface area contributed by atoms with E-state index in [-0.39, 0.29) is 17.5 Å². The van der Waals surface area contributed by atoms with Crippen molar-refractivity contribution in [2.24, 2.45) is 0 Å². The first-order chi connectivity index (χ1) is 40.4. The van der Waals surface area contributed by atoms with E-state index >= 15 is 0 Å². The van der Waals surface area contributed by atoms with Crippen LogP contribution in [0.25, 0.3) is 78.7 Å². The quantitative estimate of drug-likeness (QED) is 0.135. The summed E-state index contributed by atoms with van der Waals surface area (Å²) in [7, 11) is 0. The number of aromatic nitrogens is 3. The first-order valence-corrected chi connectivity index (χ1v) is 28.9. The second-order valence-corrected chi connectivity index (χ2v) is 24.1. The number of nitrogens with zero attached hydrogens (tertiary/aromatic N) is 5. The van der Waals surface area contributed by atoms with E-state index in [1.807, 2.05) is 0 Å². The second-order valence-electron chi connectivity index (χ2n) is 24.1. The summed E-state index contributed by atoms with van der Waals surface area (Å²) < 4.78 is 0. The van der Waals surface area contributed by atoms with Crippen molar-refractivity contribution in [1.29, 1.82) is 0 Å². The smallest absolute Gasteiger partial charge is 0.252 e. The van der Waals surface area contributed by atoms with Gasteiger partial charge in [-0.2, -0.15) is 0 Å². The summed E-state index contributed by atoms with van der Waals surface area (Å²) in [6.07, 6.45) is 0. The van der Waals surface area contributed by atoms with Crippen LogP contribution in [-0.2, 0) is 10.8 Å². The van der Waals surface area contributed by atoms with E-state index in [1.54, 1.807) is 0 Å². The van der Waals surface area contributed by atoms with E-state index in [9.17, 15) is 0 Å². The van der Waals surface area contributed by atoms with E-state index in [0.29, 0.717) is 17.5 Å². The maximum atomic E-state index is 5.52. The molecule has 0 unspecified atom stereocenters. The van der Waals surface area contributed by atoms with Crippen LogP contribution in [-0.4, -0.2) is 21.7 Å². The minimum Gasteiger partial charge on any atom is -0.311 e. The monoisotopic (exact) mass is 1070 g/mol. The predicted octanol–water partition coefficient (Wildman–Crippen LogP) is 18.2. The van der Waals surface area contributed by atoms with Crippen molar-refractivity contribution in [1.82, 2.24) is 15.0 Å². The fourth-order valence-electron chi connectivity index (χ4n) is 12.2. The normalized spacial score (nSPS) is 12.6. The van der Waals surface area contributed by atoms with Gasteiger partial charge in [0.2, 0.25) is 0 Å². The predicted molar refractivity (Wildman–Crippen MR) is 349 cm³/mol. The summed E-state index contributed by atoms with van der Waals surface area (Å²) in [4.78, 5) is 21.3. The number of rotatable bonds is 9. The fraction of sp³-hybridized carbons (Fsp3) is 0.104. The second kappa shape index (κ2) is 20.6. The number of benzene rings is 11. The summed E-state index contributed by atoms with van der Waals surface area (Å²) in [6, 6.07) is 97.4. The largest absolute Gasteiger partial charge is 0.311 e. The molecule has 0 atom stereocenters. The molecule has 5 nitrogen and oxygen atoms in total. The maximum Gasteiger partial charge on any atom is 0.252 e. The van der Waals surface area contributed by atoms with Gasteiger partial charge in [0, 0.05) is 50.8 Å². The van der Waals surface area contributed by atoms with Gasteiger partial charge in [-0.05, 0) is 131 Å². The van der Waals surface area contributed by atoms with E-state index < -0.39 is 0 Å². The number of anilines is 6. The Labute approximate surface area is 488 Å². The van der Waals surface area contributed by atoms with E-state index in [1.165, 1.54) is 60.9 Å². The van der Waals surface area contributed by atoms with Crippen LogP contribution < -0.4 is 26.2 Å². The Morgan fingerprint density at radius 2 is 0.554 bits per heavy atom. The molecule has 2 aliphatic heterocycles. The van der Waals surface area contributed by atoms with Gasteiger partial charge in [0.25, 0.3) is 6.71 Å². The highest BCUT2D eigenvalue weighted by Gasteiger charge is 2.44. The zero-order valence-corrected chi connectivity index (χ0v) is 47.7. The highest BCUT2D eigenvalue weighted by molar-refractivity contribution is 7.00. The minimum atomic E-state index is -0.168. The average molecular weight is 1070 g/mol. The van der Waals surface area contributed by atoms with Crippen molar-refractivity contribution in [3.8, 4) is 78.7 Å². The van der Waals surface area contributed by atoms with E-state index in [2.05, 4.69) is 318 Å². The molecule has 12 aromatic rings. The lowest BCUT2D eigenvalue weighted by Gasteiger charge is -2.44. The third-order valence-electron chi connectivity index (χ3n) is 16.7. The third kappa shape index (κ3) is 9.60. The molecule has 14 rings (SSSR count). The summed E-state index contributed by atoms with van der Waals surface area (Å²) in [5.41, 5.74) is 24.7. The Morgan fingerprint density at radius 1 is 0.265 bits per heavy atom. The van der Waals surface area contributed by atoms with Crippen LogP contribution in [0.1, 0.15) is 52.7 Å². The van der Waals surface area contributed by atoms with Gasteiger partial charge < -0.3 is 9.80 Å². The molecule has 0 radical (unpaired) electrons. The summed E-state index contributed by atoms with van der Waals surface area (Å²) >= 11 is 0. The SMILES string of the molecule is CC(C)(C)c1ccc(-c2nc(-c3ccc(C(C)(C)C)cc3)nc(-c3cc4c5c(c3)N(c3ccc(-c6ccccc6)cc3)c3ccc(-c6ccccc6)cc3B5c3cc(-c5ccccc5)ccc3N4c3ccc(-c4ccccc4)cc3)n2)cc1. The van der Waals surface area contributed by atoms with Crippen molar-refractivity contribution >= 4 is 57.2 Å². The van der Waals surface area contributed by atoms with Crippen LogP contribution in [0, 0.1) is 0 Å². The van der Waals surface area contributed by atoms with Gasteiger partial charge in [0.1, 0.15) is 0 Å². The molecule has 0 saturated heterocycles. The highest BCUT2D eigenvalue weighted by Crippen LogP contribution is 2.47. The lowest BCUT2D eigenvalue weighted by molar-refractivity contribution is 0.590. The van der Waals surface area contributed by atoms with E-state index in [4.69, 9.17) is 15.0 Å². The molecule has 0 N–H and O–H groups in total. The first-order valence-electron chi connectivity index (χ1n) is 28.9. The van der Waals surface area contributed by atoms with Crippen molar-refractivity contribution in [3.63, 3.8) is 0 Å². The molecule has 3 heterocycles. The Balaban J connectivity index is 1.06. The minimum absolute atomic E-state index is 0.0178. The molecular weight excluding hydrogens is 1010 g/mol. The van der Waals surface area contributed by atoms with Gasteiger partial charge in [0.05, 0.1) is 0 Å². The first kappa shape index (κ1) is 51.3. The summed E-state index contributed by atoms with van der Waals surface area (Å²) in [5.74, 6) is 1.83. The van der Waals surface area contributed by atoms with Crippen LogP contribution in [0.2, 0.25) is 0 Å². The van der Waals surface area contributed by atoms with Gasteiger partial charge in [0.15, 0.2) is 17.5 Å². The van der Waals surface area contributed by atoms with Crippen LogP contribution >= 0.6 is 0 Å². The molecule has 0 amide bonds. The highest BCUT2D eigenvalue weighted by atomic mass is 15.2. The lowest BCUT2D eigenvalue weighted by Crippen LogP contribution is -2.61. The zero-order chi connectivity index (χ0) is 56.4. The average Bonchev–Trinajstić information content (AvgIpc) is 1.62. The Hall–Kier alpha value is -9.91. The van der Waals surface area contributed by atoms with Gasteiger partial charge in [-0.1, -0.05) is 260 Å². The van der Waals surface area contributed by atoms with Crippen molar-refractivity contribution < 1.29 is 0 Å². The molecule has 0 spiro atoms. The standard InChI is InChI=1S/C77H62BN5/c1-76(2,3)62-37-27-57(28-38-62)73-79-74(58-29-39-63(40-30-58)77(4,5)6)81-75(80-73)61-49-70-72-71(50-61)83(65-43-33-56(34-44-65)52-21-13-8-14-22-52)69-46-36-60(54-25-17-10-18-26-54)48-67(69)78(72)66-47-59(53-23-15-9-16-24-53)35-45-68(66)82(70)64-41-31-55(32-42-64)51-19-11-7-12-20-51/h7-50H,1-6H3. The molecule has 11 aromatic carbocycles. The topological polar surface area (TPSA) is 45.2 Å². The molecular formula is C77H62BN5.